The topological polar surface area (TPSA) is 71.1 Å². The first-order chi connectivity index (χ1) is 7.99. The van der Waals surface area contributed by atoms with E-state index in [-0.39, 0.29) is 5.90 Å². The van der Waals surface area contributed by atoms with Crippen molar-refractivity contribution in [2.45, 2.75) is 20.8 Å². The minimum absolute atomic E-state index is 0.00958. The van der Waals surface area contributed by atoms with Crippen LogP contribution in [-0.2, 0) is 4.74 Å². The molecule has 0 saturated carbocycles. The highest BCUT2D eigenvalue weighted by Gasteiger charge is 2.21. The molecule has 94 valence electrons. The number of ether oxygens (including phenoxy) is 1. The van der Waals surface area contributed by atoms with Crippen molar-refractivity contribution in [3.05, 3.63) is 35.3 Å². The standard InChI is InChI=1S/C13H21N3O/c1-8(2)9(3)10-6-5-7-16-12(10)11(14)13(15)17-4/h5-9,15-16H,14H2,1-4H3/b12-11+,15-13?. The Morgan fingerprint density at radius 2 is 2.06 bits per heavy atom. The lowest BCUT2D eigenvalue weighted by Gasteiger charge is -2.25. The van der Waals surface area contributed by atoms with Gasteiger partial charge >= 0.3 is 0 Å². The van der Waals surface area contributed by atoms with Gasteiger partial charge in [-0.2, -0.15) is 0 Å². The Morgan fingerprint density at radius 3 is 2.59 bits per heavy atom. The summed E-state index contributed by atoms with van der Waals surface area (Å²) in [7, 11) is 1.45. The van der Waals surface area contributed by atoms with Crippen LogP contribution in [0.2, 0.25) is 0 Å². The molecule has 1 rings (SSSR count). The summed E-state index contributed by atoms with van der Waals surface area (Å²) in [6, 6.07) is 0. The van der Waals surface area contributed by atoms with Gasteiger partial charge in [0.15, 0.2) is 0 Å². The van der Waals surface area contributed by atoms with Crippen LogP contribution in [0.25, 0.3) is 0 Å². The summed E-state index contributed by atoms with van der Waals surface area (Å²) in [5.74, 6) is 0.865. The molecule has 0 amide bonds. The van der Waals surface area contributed by atoms with Crippen LogP contribution in [0.4, 0.5) is 0 Å². The molecule has 0 aromatic rings. The predicted octanol–water partition coefficient (Wildman–Crippen LogP) is 2.12. The molecule has 17 heavy (non-hydrogen) atoms. The lowest BCUT2D eigenvalue weighted by Crippen LogP contribution is -2.26. The molecule has 4 N–H and O–H groups in total. The molecule has 1 aliphatic rings. The van der Waals surface area contributed by atoms with Gasteiger partial charge in [0.1, 0.15) is 5.70 Å². The van der Waals surface area contributed by atoms with Gasteiger partial charge in [0, 0.05) is 6.20 Å². The van der Waals surface area contributed by atoms with E-state index in [1.807, 2.05) is 18.4 Å². The predicted molar refractivity (Wildman–Crippen MR) is 70.3 cm³/mol. The van der Waals surface area contributed by atoms with Crippen LogP contribution < -0.4 is 11.1 Å². The minimum atomic E-state index is -0.00958. The molecule has 0 radical (unpaired) electrons. The van der Waals surface area contributed by atoms with Crippen LogP contribution in [0.3, 0.4) is 0 Å². The van der Waals surface area contributed by atoms with Crippen LogP contribution in [0.5, 0.6) is 0 Å². The first-order valence-corrected chi connectivity index (χ1v) is 5.75. The van der Waals surface area contributed by atoms with Crippen molar-refractivity contribution in [1.82, 2.24) is 5.32 Å². The summed E-state index contributed by atoms with van der Waals surface area (Å²) in [4.78, 5) is 0. The van der Waals surface area contributed by atoms with E-state index in [0.717, 1.165) is 11.3 Å². The van der Waals surface area contributed by atoms with Gasteiger partial charge < -0.3 is 15.8 Å². The van der Waals surface area contributed by atoms with Crippen molar-refractivity contribution in [3.63, 3.8) is 0 Å². The third-order valence-corrected chi connectivity index (χ3v) is 3.10. The lowest BCUT2D eigenvalue weighted by atomic mass is 9.86. The van der Waals surface area contributed by atoms with Crippen LogP contribution in [-0.4, -0.2) is 13.0 Å². The number of methoxy groups -OCH3 is 1. The summed E-state index contributed by atoms with van der Waals surface area (Å²) in [6.07, 6.45) is 5.79. The second-order valence-electron chi connectivity index (χ2n) is 4.48. The smallest absolute Gasteiger partial charge is 0.231 e. The molecule has 4 heteroatoms. The highest BCUT2D eigenvalue weighted by molar-refractivity contribution is 5.91. The molecule has 0 aromatic carbocycles. The van der Waals surface area contributed by atoms with Crippen molar-refractivity contribution in [2.24, 2.45) is 17.6 Å². The molecule has 1 unspecified atom stereocenters. The zero-order valence-corrected chi connectivity index (χ0v) is 10.9. The molecule has 1 atom stereocenters. The van der Waals surface area contributed by atoms with Crippen molar-refractivity contribution in [1.29, 1.82) is 5.41 Å². The zero-order valence-electron chi connectivity index (χ0n) is 10.9. The molecule has 0 spiro atoms. The Kier molecular flexibility index (Phi) is 4.37. The number of nitrogens with one attached hydrogen (secondary N) is 2. The summed E-state index contributed by atoms with van der Waals surface area (Å²) in [5.41, 5.74) is 8.16. The molecule has 1 aliphatic heterocycles. The molecule has 0 bridgehead atoms. The van der Waals surface area contributed by atoms with E-state index in [1.165, 1.54) is 7.11 Å². The van der Waals surface area contributed by atoms with E-state index >= 15 is 0 Å². The number of hydrogen-bond acceptors (Lipinski definition) is 4. The fraction of sp³-hybridized carbons (Fsp3) is 0.462. The largest absolute Gasteiger partial charge is 0.480 e. The van der Waals surface area contributed by atoms with Gasteiger partial charge in [0.2, 0.25) is 5.90 Å². The Balaban J connectivity index is 3.12. The number of hydrogen-bond donors (Lipinski definition) is 3. The van der Waals surface area contributed by atoms with Gasteiger partial charge in [-0.15, -0.1) is 0 Å². The van der Waals surface area contributed by atoms with Crippen molar-refractivity contribution >= 4 is 5.90 Å². The van der Waals surface area contributed by atoms with E-state index in [2.05, 4.69) is 26.1 Å². The van der Waals surface area contributed by atoms with E-state index in [0.29, 0.717) is 17.5 Å². The monoisotopic (exact) mass is 235 g/mol. The third-order valence-electron chi connectivity index (χ3n) is 3.10. The molecular formula is C13H21N3O. The summed E-state index contributed by atoms with van der Waals surface area (Å²) in [5, 5.41) is 10.7. The van der Waals surface area contributed by atoms with Gasteiger partial charge in [0.25, 0.3) is 0 Å². The Labute approximate surface area is 103 Å². The summed E-state index contributed by atoms with van der Waals surface area (Å²) < 4.78 is 4.86. The van der Waals surface area contributed by atoms with Gasteiger partial charge in [-0.05, 0) is 23.5 Å². The van der Waals surface area contributed by atoms with Gasteiger partial charge in [0.05, 0.1) is 12.8 Å². The summed E-state index contributed by atoms with van der Waals surface area (Å²) >= 11 is 0. The second kappa shape index (κ2) is 5.57. The lowest BCUT2D eigenvalue weighted by molar-refractivity contribution is 0.398. The van der Waals surface area contributed by atoms with Gasteiger partial charge in [-0.25, -0.2) is 0 Å². The number of allylic oxidation sites excluding steroid dienone is 3. The number of dihydropyridines is 1. The zero-order chi connectivity index (χ0) is 13.0. The molecule has 0 saturated heterocycles. The quantitative estimate of drug-likeness (QED) is 0.518. The van der Waals surface area contributed by atoms with E-state index < -0.39 is 0 Å². The Hall–Kier alpha value is -1.71. The minimum Gasteiger partial charge on any atom is -0.480 e. The van der Waals surface area contributed by atoms with Crippen LogP contribution in [0.15, 0.2) is 35.3 Å². The first-order valence-electron chi connectivity index (χ1n) is 5.75. The molecule has 1 heterocycles. The molecule has 0 aromatic heterocycles. The second-order valence-corrected chi connectivity index (χ2v) is 4.48. The van der Waals surface area contributed by atoms with Gasteiger partial charge in [-0.1, -0.05) is 26.8 Å². The molecule has 4 nitrogen and oxygen atoms in total. The van der Waals surface area contributed by atoms with E-state index in [4.69, 9.17) is 15.9 Å². The molecular weight excluding hydrogens is 214 g/mol. The average molecular weight is 235 g/mol. The average Bonchev–Trinajstić information content (AvgIpc) is 2.35. The first kappa shape index (κ1) is 13.4. The summed E-state index contributed by atoms with van der Waals surface area (Å²) in [6.45, 7) is 6.49. The maximum Gasteiger partial charge on any atom is 0.231 e. The van der Waals surface area contributed by atoms with Crippen LogP contribution in [0, 0.1) is 17.2 Å². The van der Waals surface area contributed by atoms with Crippen molar-refractivity contribution in [3.8, 4) is 0 Å². The van der Waals surface area contributed by atoms with Crippen LogP contribution in [0.1, 0.15) is 20.8 Å². The van der Waals surface area contributed by atoms with Gasteiger partial charge in [-0.3, -0.25) is 5.41 Å². The van der Waals surface area contributed by atoms with Crippen molar-refractivity contribution in [2.75, 3.05) is 7.11 Å². The number of rotatable bonds is 3. The van der Waals surface area contributed by atoms with E-state index in [9.17, 15) is 0 Å². The fourth-order valence-electron chi connectivity index (χ4n) is 1.65. The number of nitrogens with two attached hydrogens (primary N) is 1. The highest BCUT2D eigenvalue weighted by atomic mass is 16.5. The third kappa shape index (κ3) is 2.90. The molecule has 0 fully saturated rings. The van der Waals surface area contributed by atoms with Crippen LogP contribution >= 0.6 is 0 Å². The SMILES string of the molecule is COC(=N)/C(N)=C1\NC=CC=C1C(C)C(C)C. The maximum atomic E-state index is 7.62. The van der Waals surface area contributed by atoms with E-state index in [1.54, 1.807) is 0 Å². The highest BCUT2D eigenvalue weighted by Crippen LogP contribution is 2.27. The maximum absolute atomic E-state index is 7.62. The Bertz CT molecular complexity index is 391. The Morgan fingerprint density at radius 1 is 1.41 bits per heavy atom. The van der Waals surface area contributed by atoms with Crippen molar-refractivity contribution < 1.29 is 4.74 Å². The fourth-order valence-corrected chi connectivity index (χ4v) is 1.65. The molecule has 0 aliphatic carbocycles. The normalized spacial score (nSPS) is 19.5.